The van der Waals surface area contributed by atoms with E-state index in [0.717, 1.165) is 10.8 Å². The van der Waals surface area contributed by atoms with Crippen molar-refractivity contribution in [1.82, 2.24) is 0 Å². The Morgan fingerprint density at radius 1 is 0.917 bits per heavy atom. The van der Waals surface area contributed by atoms with Crippen LogP contribution >= 0.6 is 0 Å². The van der Waals surface area contributed by atoms with Gasteiger partial charge in [-0.2, -0.15) is 0 Å². The number of sulfonamides is 1. The van der Waals surface area contributed by atoms with Crippen LogP contribution in [0.4, 0.5) is 11.4 Å². The summed E-state index contributed by atoms with van der Waals surface area (Å²) in [5, 5.41) is 4.70. The summed E-state index contributed by atoms with van der Waals surface area (Å²) in [6.45, 7) is 0. The maximum Gasteiger partial charge on any atom is 0.261 e. The zero-order valence-electron chi connectivity index (χ0n) is 12.6. The molecular formula is C18H14N2O3S. The molecule has 0 unspecified atom stereocenters. The minimum absolute atomic E-state index is 0.123. The smallest absolute Gasteiger partial charge is 0.261 e. The molecule has 24 heavy (non-hydrogen) atoms. The van der Waals surface area contributed by atoms with Crippen molar-refractivity contribution in [3.63, 3.8) is 0 Å². The second-order valence-corrected chi connectivity index (χ2v) is 7.39. The third kappa shape index (κ3) is 2.61. The quantitative estimate of drug-likeness (QED) is 0.770. The summed E-state index contributed by atoms with van der Waals surface area (Å²) in [4.78, 5) is 11.5. The van der Waals surface area contributed by atoms with Gasteiger partial charge in [0.15, 0.2) is 0 Å². The highest BCUT2D eigenvalue weighted by Gasteiger charge is 2.21. The van der Waals surface area contributed by atoms with Gasteiger partial charge in [0, 0.05) is 11.4 Å². The predicted molar refractivity (Wildman–Crippen MR) is 93.5 cm³/mol. The van der Waals surface area contributed by atoms with Crippen molar-refractivity contribution < 1.29 is 13.2 Å². The van der Waals surface area contributed by atoms with E-state index in [4.69, 9.17) is 0 Å². The molecule has 0 radical (unpaired) electrons. The van der Waals surface area contributed by atoms with Crippen molar-refractivity contribution in [3.05, 3.63) is 66.2 Å². The molecule has 0 atom stereocenters. The minimum Gasteiger partial charge on any atom is -0.326 e. The van der Waals surface area contributed by atoms with Gasteiger partial charge in [-0.1, -0.05) is 30.3 Å². The molecule has 0 saturated heterocycles. The maximum absolute atomic E-state index is 12.6. The van der Waals surface area contributed by atoms with Crippen LogP contribution in [0.5, 0.6) is 0 Å². The molecule has 1 aliphatic heterocycles. The summed E-state index contributed by atoms with van der Waals surface area (Å²) in [5.74, 6) is -0.123. The maximum atomic E-state index is 12.6. The van der Waals surface area contributed by atoms with E-state index in [1.165, 1.54) is 12.1 Å². The van der Waals surface area contributed by atoms with Gasteiger partial charge in [0.1, 0.15) is 0 Å². The van der Waals surface area contributed by atoms with Gasteiger partial charge in [0.2, 0.25) is 5.91 Å². The molecule has 120 valence electrons. The Kier molecular flexibility index (Phi) is 3.28. The molecule has 0 bridgehead atoms. The van der Waals surface area contributed by atoms with Crippen molar-refractivity contribution in [2.75, 3.05) is 10.0 Å². The van der Waals surface area contributed by atoms with E-state index in [-0.39, 0.29) is 17.2 Å². The highest BCUT2D eigenvalue weighted by atomic mass is 32.2. The van der Waals surface area contributed by atoms with Gasteiger partial charge in [-0.15, -0.1) is 0 Å². The fourth-order valence-corrected chi connectivity index (χ4v) is 3.94. The van der Waals surface area contributed by atoms with Crippen molar-refractivity contribution in [2.45, 2.75) is 11.3 Å². The van der Waals surface area contributed by atoms with Gasteiger partial charge >= 0.3 is 0 Å². The first-order valence-electron chi connectivity index (χ1n) is 7.46. The molecule has 0 fully saturated rings. The molecule has 6 heteroatoms. The van der Waals surface area contributed by atoms with E-state index in [0.29, 0.717) is 16.9 Å². The standard InChI is InChI=1S/C18H14N2O3S/c21-18-11-14-10-16(7-8-17(14)19-18)24(22,23)20-15-6-5-12-3-1-2-4-13(12)9-15/h1-10,20H,11H2,(H,19,21). The van der Waals surface area contributed by atoms with Crippen molar-refractivity contribution in [1.29, 1.82) is 0 Å². The Labute approximate surface area is 139 Å². The van der Waals surface area contributed by atoms with Crippen molar-refractivity contribution >= 4 is 38.1 Å². The van der Waals surface area contributed by atoms with E-state index in [1.54, 1.807) is 18.2 Å². The molecule has 3 aromatic rings. The fraction of sp³-hybridized carbons (Fsp3) is 0.0556. The Balaban J connectivity index is 1.67. The number of carbonyl (C=O) groups is 1. The van der Waals surface area contributed by atoms with Gasteiger partial charge in [0.25, 0.3) is 10.0 Å². The number of benzene rings is 3. The van der Waals surface area contributed by atoms with Crippen LogP contribution in [0.2, 0.25) is 0 Å². The van der Waals surface area contributed by atoms with Crippen molar-refractivity contribution in [2.24, 2.45) is 0 Å². The van der Waals surface area contributed by atoms with Crippen LogP contribution in [0.3, 0.4) is 0 Å². The van der Waals surface area contributed by atoms with Crippen LogP contribution in [-0.2, 0) is 21.2 Å². The lowest BCUT2D eigenvalue weighted by Gasteiger charge is -2.10. The summed E-state index contributed by atoms with van der Waals surface area (Å²) in [7, 11) is -3.71. The Hall–Kier alpha value is -2.86. The van der Waals surface area contributed by atoms with Gasteiger partial charge in [-0.25, -0.2) is 8.42 Å². The highest BCUT2D eigenvalue weighted by molar-refractivity contribution is 7.92. The molecule has 0 aromatic heterocycles. The number of nitrogens with one attached hydrogen (secondary N) is 2. The number of carbonyl (C=O) groups excluding carboxylic acids is 1. The lowest BCUT2D eigenvalue weighted by Crippen LogP contribution is -2.13. The molecule has 4 rings (SSSR count). The van der Waals surface area contributed by atoms with E-state index >= 15 is 0 Å². The first-order valence-corrected chi connectivity index (χ1v) is 8.94. The van der Waals surface area contributed by atoms with Crippen LogP contribution < -0.4 is 10.0 Å². The summed E-state index contributed by atoms with van der Waals surface area (Å²) in [6.07, 6.45) is 0.203. The Morgan fingerprint density at radius 2 is 1.71 bits per heavy atom. The summed E-state index contributed by atoms with van der Waals surface area (Å²) in [5.41, 5.74) is 1.87. The lowest BCUT2D eigenvalue weighted by atomic mass is 10.1. The van der Waals surface area contributed by atoms with Crippen LogP contribution in [0, 0.1) is 0 Å². The second kappa shape index (κ2) is 5.35. The van der Waals surface area contributed by atoms with E-state index in [9.17, 15) is 13.2 Å². The van der Waals surface area contributed by atoms with Gasteiger partial charge < -0.3 is 5.32 Å². The molecule has 1 amide bonds. The topological polar surface area (TPSA) is 75.3 Å². The minimum atomic E-state index is -3.71. The van der Waals surface area contributed by atoms with Gasteiger partial charge in [-0.3, -0.25) is 9.52 Å². The van der Waals surface area contributed by atoms with Crippen LogP contribution in [0.15, 0.2) is 65.6 Å². The second-order valence-electron chi connectivity index (χ2n) is 5.71. The Morgan fingerprint density at radius 3 is 2.54 bits per heavy atom. The lowest BCUT2D eigenvalue weighted by molar-refractivity contribution is -0.115. The number of amides is 1. The zero-order chi connectivity index (χ0) is 16.7. The predicted octanol–water partition coefficient (Wildman–Crippen LogP) is 3.14. The highest BCUT2D eigenvalue weighted by Crippen LogP contribution is 2.27. The van der Waals surface area contributed by atoms with Crippen LogP contribution in [0.25, 0.3) is 10.8 Å². The monoisotopic (exact) mass is 338 g/mol. The summed E-state index contributed by atoms with van der Waals surface area (Å²) in [6, 6.07) is 17.8. The number of fused-ring (bicyclic) bond motifs is 2. The first kappa shape index (κ1) is 14.7. The number of hydrogen-bond donors (Lipinski definition) is 2. The number of rotatable bonds is 3. The zero-order valence-corrected chi connectivity index (χ0v) is 13.4. The average Bonchev–Trinajstić information content (AvgIpc) is 2.93. The largest absolute Gasteiger partial charge is 0.326 e. The molecule has 0 spiro atoms. The SMILES string of the molecule is O=C1Cc2cc(S(=O)(=O)Nc3ccc4ccccc4c3)ccc2N1. The third-order valence-electron chi connectivity index (χ3n) is 4.01. The molecular weight excluding hydrogens is 324 g/mol. The van der Waals surface area contributed by atoms with Crippen LogP contribution in [-0.4, -0.2) is 14.3 Å². The summed E-state index contributed by atoms with van der Waals surface area (Å²) >= 11 is 0. The average molecular weight is 338 g/mol. The van der Waals surface area contributed by atoms with E-state index in [1.807, 2.05) is 30.3 Å². The summed E-state index contributed by atoms with van der Waals surface area (Å²) < 4.78 is 27.8. The first-order chi connectivity index (χ1) is 11.5. The molecule has 0 aliphatic carbocycles. The molecule has 1 aliphatic rings. The van der Waals surface area contributed by atoms with Crippen molar-refractivity contribution in [3.8, 4) is 0 Å². The van der Waals surface area contributed by atoms with Gasteiger partial charge in [-0.05, 0) is 46.7 Å². The van der Waals surface area contributed by atoms with E-state index < -0.39 is 10.0 Å². The molecule has 0 saturated carbocycles. The molecule has 5 nitrogen and oxygen atoms in total. The fourth-order valence-electron chi connectivity index (χ4n) is 2.84. The molecule has 2 N–H and O–H groups in total. The number of anilines is 2. The molecule has 3 aromatic carbocycles. The Bertz CT molecular complexity index is 1070. The normalized spacial score (nSPS) is 13.6. The number of hydrogen-bond acceptors (Lipinski definition) is 3. The van der Waals surface area contributed by atoms with E-state index in [2.05, 4.69) is 10.0 Å². The molecule has 1 heterocycles. The van der Waals surface area contributed by atoms with Gasteiger partial charge in [0.05, 0.1) is 11.3 Å². The van der Waals surface area contributed by atoms with Crippen LogP contribution in [0.1, 0.15) is 5.56 Å². The third-order valence-corrected chi connectivity index (χ3v) is 5.39.